The van der Waals surface area contributed by atoms with Gasteiger partial charge in [0.25, 0.3) is 0 Å². The first-order valence-electron chi connectivity index (χ1n) is 9.53. The molecule has 162 valence electrons. The summed E-state index contributed by atoms with van der Waals surface area (Å²) >= 11 is 0. The van der Waals surface area contributed by atoms with E-state index >= 15 is 0 Å². The average Bonchev–Trinajstić information content (AvgIpc) is 3.17. The normalized spacial score (nSPS) is 15.2. The number of anilines is 1. The molecule has 0 unspecified atom stereocenters. The Bertz CT molecular complexity index is 1040. The summed E-state index contributed by atoms with van der Waals surface area (Å²) in [6.07, 6.45) is 1.16. The van der Waals surface area contributed by atoms with Crippen LogP contribution in [-0.2, 0) is 14.8 Å². The Hall–Kier alpha value is -2.78. The van der Waals surface area contributed by atoms with Crippen LogP contribution in [0.15, 0.2) is 41.3 Å². The van der Waals surface area contributed by atoms with Crippen LogP contribution in [0.25, 0.3) is 0 Å². The second kappa shape index (κ2) is 8.93. The van der Waals surface area contributed by atoms with Crippen LogP contribution in [0, 0.1) is 0 Å². The second-order valence-corrected chi connectivity index (χ2v) is 8.65. The van der Waals surface area contributed by atoms with Gasteiger partial charge >= 0.3 is 0 Å². The molecule has 1 aliphatic heterocycles. The smallest absolute Gasteiger partial charge is 0.241 e. The molecular weight excluding hydrogens is 408 g/mol. The summed E-state index contributed by atoms with van der Waals surface area (Å²) in [5.41, 5.74) is 1.10. The van der Waals surface area contributed by atoms with Gasteiger partial charge < -0.3 is 19.1 Å². The molecule has 1 saturated heterocycles. The van der Waals surface area contributed by atoms with E-state index in [0.29, 0.717) is 41.5 Å². The van der Waals surface area contributed by atoms with Crippen LogP contribution in [0.2, 0.25) is 0 Å². The van der Waals surface area contributed by atoms with Gasteiger partial charge in [-0.25, -0.2) is 13.1 Å². The quantitative estimate of drug-likeness (QED) is 0.687. The molecule has 2 aromatic rings. The largest absolute Gasteiger partial charge is 0.497 e. The molecule has 0 aliphatic carbocycles. The van der Waals surface area contributed by atoms with Crippen molar-refractivity contribution in [3.8, 4) is 17.2 Å². The zero-order chi connectivity index (χ0) is 21.9. The number of carbonyl (C=O) groups is 1. The monoisotopic (exact) mass is 434 g/mol. The van der Waals surface area contributed by atoms with E-state index in [1.807, 2.05) is 0 Å². The summed E-state index contributed by atoms with van der Waals surface area (Å²) in [5, 5.41) is 0. The van der Waals surface area contributed by atoms with E-state index < -0.39 is 16.1 Å². The molecule has 0 bridgehead atoms. The number of rotatable bonds is 8. The van der Waals surface area contributed by atoms with E-state index in [1.54, 1.807) is 43.2 Å². The Balaban J connectivity index is 1.93. The van der Waals surface area contributed by atoms with Gasteiger partial charge in [-0.15, -0.1) is 0 Å². The van der Waals surface area contributed by atoms with Crippen LogP contribution in [0.3, 0.4) is 0 Å². The van der Waals surface area contributed by atoms with Crippen molar-refractivity contribution in [1.82, 2.24) is 4.72 Å². The molecule has 1 fully saturated rings. The molecule has 1 amide bonds. The third-order valence-electron chi connectivity index (χ3n) is 5.06. The molecule has 0 saturated carbocycles. The molecule has 8 nitrogen and oxygen atoms in total. The van der Waals surface area contributed by atoms with Gasteiger partial charge in [0.15, 0.2) is 0 Å². The van der Waals surface area contributed by atoms with E-state index in [4.69, 9.17) is 14.2 Å². The summed E-state index contributed by atoms with van der Waals surface area (Å²) in [5.74, 6) is 1.54. The number of sulfonamides is 1. The lowest BCUT2D eigenvalue weighted by Crippen LogP contribution is -2.28. The maximum Gasteiger partial charge on any atom is 0.241 e. The fourth-order valence-electron chi connectivity index (χ4n) is 3.49. The fourth-order valence-corrected chi connectivity index (χ4v) is 4.74. The van der Waals surface area contributed by atoms with Crippen molar-refractivity contribution in [2.75, 3.05) is 32.8 Å². The minimum Gasteiger partial charge on any atom is -0.497 e. The highest BCUT2D eigenvalue weighted by molar-refractivity contribution is 7.89. The van der Waals surface area contributed by atoms with E-state index in [2.05, 4.69) is 4.72 Å². The van der Waals surface area contributed by atoms with Crippen molar-refractivity contribution in [1.29, 1.82) is 0 Å². The van der Waals surface area contributed by atoms with Gasteiger partial charge in [-0.1, -0.05) is 0 Å². The minimum absolute atomic E-state index is 0.0479. The Morgan fingerprint density at radius 3 is 2.30 bits per heavy atom. The molecular formula is C21H26N2O6S. The molecule has 1 N–H and O–H groups in total. The Kier molecular flexibility index (Phi) is 6.52. The number of benzene rings is 2. The molecule has 1 heterocycles. The lowest BCUT2D eigenvalue weighted by Gasteiger charge is -2.21. The maximum atomic E-state index is 13.1. The summed E-state index contributed by atoms with van der Waals surface area (Å²) in [4.78, 5) is 13.8. The van der Waals surface area contributed by atoms with Crippen LogP contribution >= 0.6 is 0 Å². The van der Waals surface area contributed by atoms with Crippen LogP contribution < -0.4 is 23.8 Å². The summed E-state index contributed by atoms with van der Waals surface area (Å²) in [6, 6.07) is 9.11. The molecule has 0 radical (unpaired) electrons. The van der Waals surface area contributed by atoms with Gasteiger partial charge in [-0.05, 0) is 49.7 Å². The van der Waals surface area contributed by atoms with Crippen molar-refractivity contribution in [3.05, 3.63) is 42.0 Å². The number of amides is 1. The number of methoxy groups -OCH3 is 3. The highest BCUT2D eigenvalue weighted by Crippen LogP contribution is 2.35. The number of hydrogen-bond acceptors (Lipinski definition) is 6. The summed E-state index contributed by atoms with van der Waals surface area (Å²) in [7, 11) is 0.666. The third kappa shape index (κ3) is 4.36. The van der Waals surface area contributed by atoms with E-state index in [9.17, 15) is 13.2 Å². The van der Waals surface area contributed by atoms with Gasteiger partial charge in [0, 0.05) is 24.6 Å². The van der Waals surface area contributed by atoms with Crippen LogP contribution in [0.5, 0.6) is 17.2 Å². The van der Waals surface area contributed by atoms with Crippen LogP contribution in [0.4, 0.5) is 5.69 Å². The minimum atomic E-state index is -3.89. The predicted molar refractivity (Wildman–Crippen MR) is 113 cm³/mol. The van der Waals surface area contributed by atoms with Gasteiger partial charge in [-0.3, -0.25) is 4.79 Å². The molecule has 9 heteroatoms. The number of hydrogen-bond donors (Lipinski definition) is 1. The maximum absolute atomic E-state index is 13.1. The molecule has 2 aromatic carbocycles. The highest BCUT2D eigenvalue weighted by Gasteiger charge is 2.27. The zero-order valence-corrected chi connectivity index (χ0v) is 18.3. The Morgan fingerprint density at radius 1 is 1.00 bits per heavy atom. The van der Waals surface area contributed by atoms with Gasteiger partial charge in [0.1, 0.15) is 17.2 Å². The first-order valence-corrected chi connectivity index (χ1v) is 11.0. The summed E-state index contributed by atoms with van der Waals surface area (Å²) in [6.45, 7) is 2.26. The van der Waals surface area contributed by atoms with Crippen molar-refractivity contribution in [2.45, 2.75) is 30.7 Å². The van der Waals surface area contributed by atoms with Crippen molar-refractivity contribution in [2.24, 2.45) is 0 Å². The average molecular weight is 435 g/mol. The summed E-state index contributed by atoms with van der Waals surface area (Å²) < 4.78 is 44.8. The molecule has 3 rings (SSSR count). The number of nitrogens with one attached hydrogen (secondary N) is 1. The zero-order valence-electron chi connectivity index (χ0n) is 17.5. The third-order valence-corrected chi connectivity index (χ3v) is 6.60. The van der Waals surface area contributed by atoms with E-state index in [-0.39, 0.29) is 10.8 Å². The van der Waals surface area contributed by atoms with Gasteiger partial charge in [0.05, 0.1) is 31.9 Å². The number of nitrogens with zero attached hydrogens (tertiary/aromatic N) is 1. The Morgan fingerprint density at radius 2 is 1.70 bits per heavy atom. The van der Waals surface area contributed by atoms with Crippen molar-refractivity contribution >= 4 is 21.6 Å². The molecule has 30 heavy (non-hydrogen) atoms. The predicted octanol–water partition coefficient (Wildman–Crippen LogP) is 2.88. The van der Waals surface area contributed by atoms with Crippen LogP contribution in [0.1, 0.15) is 31.4 Å². The second-order valence-electron chi connectivity index (χ2n) is 6.93. The Labute approximate surface area is 176 Å². The molecule has 0 spiro atoms. The first-order chi connectivity index (χ1) is 14.3. The lowest BCUT2D eigenvalue weighted by molar-refractivity contribution is -0.117. The number of carbonyl (C=O) groups excluding carboxylic acids is 1. The first kappa shape index (κ1) is 21.9. The van der Waals surface area contributed by atoms with E-state index in [0.717, 1.165) is 6.42 Å². The van der Waals surface area contributed by atoms with Gasteiger partial charge in [-0.2, -0.15) is 0 Å². The molecule has 0 aromatic heterocycles. The van der Waals surface area contributed by atoms with Gasteiger partial charge in [0.2, 0.25) is 15.9 Å². The SMILES string of the molecule is COc1ccc(OC)c([C@@H](C)NS(=O)(=O)c2ccc(OC)c(N3CCCC3=O)c2)c1. The van der Waals surface area contributed by atoms with Crippen molar-refractivity contribution in [3.63, 3.8) is 0 Å². The fraction of sp³-hybridized carbons (Fsp3) is 0.381. The lowest BCUT2D eigenvalue weighted by atomic mass is 10.1. The molecule has 1 aliphatic rings. The standard InChI is InChI=1S/C21H26N2O6S/c1-14(17-12-15(27-2)7-9-19(17)28-3)22-30(25,26)16-8-10-20(29-4)18(13-16)23-11-5-6-21(23)24/h7-10,12-14,22H,5-6,11H2,1-4H3/t14-/m1/s1. The van der Waals surface area contributed by atoms with E-state index in [1.165, 1.54) is 26.4 Å². The number of ether oxygens (including phenoxy) is 3. The van der Waals surface area contributed by atoms with Crippen molar-refractivity contribution < 1.29 is 27.4 Å². The topological polar surface area (TPSA) is 94.2 Å². The molecule has 1 atom stereocenters. The van der Waals surface area contributed by atoms with Crippen LogP contribution in [-0.4, -0.2) is 42.2 Å². The highest BCUT2D eigenvalue weighted by atomic mass is 32.2.